The second kappa shape index (κ2) is 11.2. The van der Waals surface area contributed by atoms with Crippen LogP contribution < -0.4 is 16.0 Å². The molecule has 1 heterocycles. The van der Waals surface area contributed by atoms with Crippen molar-refractivity contribution in [3.05, 3.63) is 29.8 Å². The van der Waals surface area contributed by atoms with E-state index >= 15 is 0 Å². The molecule has 3 amide bonds. The maximum atomic E-state index is 12.5. The Kier molecular flexibility index (Phi) is 8.35. The van der Waals surface area contributed by atoms with E-state index in [9.17, 15) is 9.59 Å². The molecule has 6 nitrogen and oxygen atoms in total. The van der Waals surface area contributed by atoms with Gasteiger partial charge < -0.3 is 16.0 Å². The number of piperidine rings is 1. The van der Waals surface area contributed by atoms with Crippen LogP contribution in [0.5, 0.6) is 0 Å². The quantitative estimate of drug-likeness (QED) is 0.654. The van der Waals surface area contributed by atoms with Gasteiger partial charge in [0.1, 0.15) is 0 Å². The Morgan fingerprint density at radius 2 is 1.79 bits per heavy atom. The van der Waals surface area contributed by atoms with Crippen molar-refractivity contribution in [2.45, 2.75) is 76.8 Å². The first-order valence-corrected chi connectivity index (χ1v) is 11.3. The molecule has 2 fully saturated rings. The van der Waals surface area contributed by atoms with Crippen LogP contribution in [0.25, 0.3) is 0 Å². The number of amides is 3. The first kappa shape index (κ1) is 21.6. The largest absolute Gasteiger partial charge is 0.352 e. The summed E-state index contributed by atoms with van der Waals surface area (Å²) in [6.45, 7) is 4.84. The first-order valence-electron chi connectivity index (χ1n) is 11.3. The van der Waals surface area contributed by atoms with E-state index in [1.165, 1.54) is 45.1 Å². The van der Waals surface area contributed by atoms with Crippen LogP contribution >= 0.6 is 0 Å². The highest BCUT2D eigenvalue weighted by Crippen LogP contribution is 2.25. The van der Waals surface area contributed by atoms with Crippen LogP contribution in [0.4, 0.5) is 10.5 Å². The van der Waals surface area contributed by atoms with Gasteiger partial charge in [0.2, 0.25) is 5.91 Å². The van der Waals surface area contributed by atoms with E-state index < -0.39 is 0 Å². The predicted octanol–water partition coefficient (Wildman–Crippen LogP) is 3.67. The molecule has 1 aromatic rings. The number of nitrogens with zero attached hydrogens (tertiary/aromatic N) is 1. The normalized spacial score (nSPS) is 20.8. The molecule has 1 unspecified atom stereocenters. The molecule has 3 rings (SSSR count). The number of carbonyl (C=O) groups excluding carboxylic acids is 2. The minimum absolute atomic E-state index is 0.0851. The van der Waals surface area contributed by atoms with Crippen molar-refractivity contribution in [2.75, 3.05) is 25.0 Å². The standard InChI is InChI=1S/C23H36N4O2/c1-2-14-24-23(29)26-19-12-10-18(11-13-19)16-22(28)25-20-7-6-15-27(17-20)21-8-4-3-5-9-21/h10-13,20-21H,2-9,14-17H2,1H3,(H,25,28)(H2,24,26,29). The van der Waals surface area contributed by atoms with Gasteiger partial charge in [-0.1, -0.05) is 38.3 Å². The second-order valence-electron chi connectivity index (χ2n) is 8.45. The van der Waals surface area contributed by atoms with Gasteiger partial charge in [-0.15, -0.1) is 0 Å². The summed E-state index contributed by atoms with van der Waals surface area (Å²) in [5.41, 5.74) is 1.69. The maximum absolute atomic E-state index is 12.5. The Hall–Kier alpha value is -2.08. The van der Waals surface area contributed by atoms with E-state index in [1.807, 2.05) is 31.2 Å². The van der Waals surface area contributed by atoms with Crippen LogP contribution in [0.2, 0.25) is 0 Å². The fraction of sp³-hybridized carbons (Fsp3) is 0.652. The number of carbonyl (C=O) groups is 2. The van der Waals surface area contributed by atoms with Gasteiger partial charge in [-0.2, -0.15) is 0 Å². The van der Waals surface area contributed by atoms with Crippen LogP contribution in [0, 0.1) is 0 Å². The molecule has 3 N–H and O–H groups in total. The third-order valence-electron chi connectivity index (χ3n) is 6.02. The first-order chi connectivity index (χ1) is 14.1. The van der Waals surface area contributed by atoms with Crippen molar-refractivity contribution >= 4 is 17.6 Å². The highest BCUT2D eigenvalue weighted by molar-refractivity contribution is 5.89. The number of benzene rings is 1. The molecule has 1 saturated carbocycles. The summed E-state index contributed by atoms with van der Waals surface area (Å²) in [4.78, 5) is 26.8. The lowest BCUT2D eigenvalue weighted by atomic mass is 9.92. The lowest BCUT2D eigenvalue weighted by Gasteiger charge is -2.40. The number of likely N-dealkylation sites (tertiary alicyclic amines) is 1. The molecule has 1 atom stereocenters. The minimum atomic E-state index is -0.197. The minimum Gasteiger partial charge on any atom is -0.352 e. The van der Waals surface area contributed by atoms with Gasteiger partial charge in [-0.3, -0.25) is 9.69 Å². The molecule has 0 aromatic heterocycles. The average molecular weight is 401 g/mol. The summed E-state index contributed by atoms with van der Waals surface area (Å²) in [7, 11) is 0. The summed E-state index contributed by atoms with van der Waals surface area (Å²) in [5.74, 6) is 0.0851. The predicted molar refractivity (Wildman–Crippen MR) is 117 cm³/mol. The maximum Gasteiger partial charge on any atom is 0.319 e. The van der Waals surface area contributed by atoms with Crippen LogP contribution in [0.1, 0.15) is 63.9 Å². The van der Waals surface area contributed by atoms with Crippen molar-refractivity contribution in [2.24, 2.45) is 0 Å². The fourth-order valence-electron chi connectivity index (χ4n) is 4.49. The molecule has 2 aliphatic rings. The zero-order valence-electron chi connectivity index (χ0n) is 17.7. The lowest BCUT2D eigenvalue weighted by molar-refractivity contribution is -0.121. The van der Waals surface area contributed by atoms with Crippen LogP contribution in [0.3, 0.4) is 0 Å². The zero-order valence-corrected chi connectivity index (χ0v) is 17.7. The van der Waals surface area contributed by atoms with Crippen molar-refractivity contribution in [1.82, 2.24) is 15.5 Å². The van der Waals surface area contributed by atoms with Gasteiger partial charge in [0.15, 0.2) is 0 Å². The van der Waals surface area contributed by atoms with Crippen LogP contribution in [-0.2, 0) is 11.2 Å². The molecule has 1 aliphatic heterocycles. The number of anilines is 1. The van der Waals surface area contributed by atoms with E-state index in [-0.39, 0.29) is 18.0 Å². The third kappa shape index (κ3) is 7.03. The van der Waals surface area contributed by atoms with Crippen molar-refractivity contribution < 1.29 is 9.59 Å². The molecule has 29 heavy (non-hydrogen) atoms. The molecule has 0 bridgehead atoms. The van der Waals surface area contributed by atoms with E-state index in [0.29, 0.717) is 13.0 Å². The topological polar surface area (TPSA) is 73.5 Å². The number of hydrogen-bond acceptors (Lipinski definition) is 3. The van der Waals surface area contributed by atoms with Gasteiger partial charge in [0.25, 0.3) is 0 Å². The van der Waals surface area contributed by atoms with Crippen molar-refractivity contribution in [3.8, 4) is 0 Å². The highest BCUT2D eigenvalue weighted by atomic mass is 16.2. The van der Waals surface area contributed by atoms with Crippen LogP contribution in [0.15, 0.2) is 24.3 Å². The number of nitrogens with one attached hydrogen (secondary N) is 3. The molecule has 1 aliphatic carbocycles. The molecule has 0 spiro atoms. The Labute approximate surface area is 174 Å². The number of hydrogen-bond donors (Lipinski definition) is 3. The van der Waals surface area contributed by atoms with Gasteiger partial charge in [-0.25, -0.2) is 4.79 Å². The summed E-state index contributed by atoms with van der Waals surface area (Å²) >= 11 is 0. The zero-order chi connectivity index (χ0) is 20.5. The van der Waals surface area contributed by atoms with Gasteiger partial charge in [-0.05, 0) is 56.3 Å². The molecule has 1 aromatic carbocycles. The van der Waals surface area contributed by atoms with Crippen molar-refractivity contribution in [3.63, 3.8) is 0 Å². The average Bonchev–Trinajstić information content (AvgIpc) is 2.74. The highest BCUT2D eigenvalue weighted by Gasteiger charge is 2.27. The van der Waals surface area contributed by atoms with Crippen LogP contribution in [-0.4, -0.2) is 48.6 Å². The lowest BCUT2D eigenvalue weighted by Crippen LogP contribution is -2.51. The summed E-state index contributed by atoms with van der Waals surface area (Å²) < 4.78 is 0. The fourth-order valence-corrected chi connectivity index (χ4v) is 4.49. The van der Waals surface area contributed by atoms with E-state index in [0.717, 1.165) is 36.7 Å². The molecule has 0 radical (unpaired) electrons. The summed E-state index contributed by atoms with van der Waals surface area (Å²) in [6.07, 6.45) is 10.2. The molecule has 6 heteroatoms. The van der Waals surface area contributed by atoms with Gasteiger partial charge in [0, 0.05) is 30.9 Å². The van der Waals surface area contributed by atoms with Crippen molar-refractivity contribution in [1.29, 1.82) is 0 Å². The number of rotatable bonds is 7. The molecular weight excluding hydrogens is 364 g/mol. The van der Waals surface area contributed by atoms with Gasteiger partial charge >= 0.3 is 6.03 Å². The Bertz CT molecular complexity index is 655. The smallest absolute Gasteiger partial charge is 0.319 e. The van der Waals surface area contributed by atoms with Gasteiger partial charge in [0.05, 0.1) is 6.42 Å². The Morgan fingerprint density at radius 1 is 1.03 bits per heavy atom. The SMILES string of the molecule is CCCNC(=O)Nc1ccc(CC(=O)NC2CCCN(C3CCCCC3)C2)cc1. The Balaban J connectivity index is 1.43. The van der Waals surface area contributed by atoms with E-state index in [2.05, 4.69) is 20.9 Å². The van der Waals surface area contributed by atoms with E-state index in [1.54, 1.807) is 0 Å². The third-order valence-corrected chi connectivity index (χ3v) is 6.02. The summed E-state index contributed by atoms with van der Waals surface area (Å²) in [5, 5.41) is 8.83. The van der Waals surface area contributed by atoms with E-state index in [4.69, 9.17) is 0 Å². The molecule has 1 saturated heterocycles. The second-order valence-corrected chi connectivity index (χ2v) is 8.45. The number of urea groups is 1. The molecular formula is C23H36N4O2. The Morgan fingerprint density at radius 3 is 2.52 bits per heavy atom. The summed E-state index contributed by atoms with van der Waals surface area (Å²) in [6, 6.07) is 8.30. The monoisotopic (exact) mass is 400 g/mol. The molecule has 160 valence electrons.